The molecule has 1 aliphatic carbocycles. The molecule has 1 heterocycles. The summed E-state index contributed by atoms with van der Waals surface area (Å²) in [6.07, 6.45) is 1.24. The van der Waals surface area contributed by atoms with Crippen LogP contribution in [-0.2, 0) is 9.59 Å². The maximum absolute atomic E-state index is 12.6. The van der Waals surface area contributed by atoms with Gasteiger partial charge in [-0.3, -0.25) is 14.5 Å². The molecule has 0 spiro atoms. The lowest BCUT2D eigenvalue weighted by Gasteiger charge is -2.29. The van der Waals surface area contributed by atoms with Gasteiger partial charge in [-0.2, -0.15) is 0 Å². The fraction of sp³-hybridized carbons (Fsp3) is 0.400. The van der Waals surface area contributed by atoms with E-state index in [2.05, 4.69) is 31.9 Å². The predicted octanol–water partition coefficient (Wildman–Crippen LogP) is 2.81. The van der Waals surface area contributed by atoms with Crippen molar-refractivity contribution in [2.75, 3.05) is 4.90 Å². The first-order chi connectivity index (χ1) is 10.4. The highest BCUT2D eigenvalue weighted by Crippen LogP contribution is 2.44. The van der Waals surface area contributed by atoms with E-state index in [4.69, 9.17) is 5.11 Å². The maximum Gasteiger partial charge on any atom is 0.335 e. The Bertz CT molecular complexity index is 617. The Labute approximate surface area is 143 Å². The molecule has 0 bridgehead atoms. The van der Waals surface area contributed by atoms with Crippen LogP contribution in [0.4, 0.5) is 5.69 Å². The number of anilines is 1. The average Bonchev–Trinajstić information content (AvgIpc) is 2.72. The molecule has 22 heavy (non-hydrogen) atoms. The molecular formula is C15H13Br2NO4. The lowest BCUT2D eigenvalue weighted by molar-refractivity contribution is -0.122. The number of carboxylic acids is 1. The van der Waals surface area contributed by atoms with Crippen LogP contribution in [-0.4, -0.2) is 32.5 Å². The van der Waals surface area contributed by atoms with E-state index in [1.165, 1.54) is 29.2 Å². The first-order valence-electron chi connectivity index (χ1n) is 6.89. The highest BCUT2D eigenvalue weighted by Gasteiger charge is 2.52. The van der Waals surface area contributed by atoms with E-state index in [0.717, 1.165) is 0 Å². The third-order valence-corrected chi connectivity index (χ3v) is 7.02. The smallest absolute Gasteiger partial charge is 0.335 e. The zero-order valence-corrected chi connectivity index (χ0v) is 14.6. The fourth-order valence-electron chi connectivity index (χ4n) is 3.10. The minimum absolute atomic E-state index is 0.126. The first kappa shape index (κ1) is 15.7. The average molecular weight is 431 g/mol. The van der Waals surface area contributed by atoms with Gasteiger partial charge in [-0.05, 0) is 37.1 Å². The Morgan fingerprint density at radius 3 is 1.86 bits per heavy atom. The zero-order valence-electron chi connectivity index (χ0n) is 11.4. The number of alkyl halides is 2. The number of benzene rings is 1. The van der Waals surface area contributed by atoms with Crippen molar-refractivity contribution in [1.82, 2.24) is 0 Å². The summed E-state index contributed by atoms with van der Waals surface area (Å²) in [6, 6.07) is 5.82. The van der Waals surface area contributed by atoms with Crippen LogP contribution in [0.1, 0.15) is 23.2 Å². The number of carbonyl (C=O) groups excluding carboxylic acids is 2. The number of hydrogen-bond acceptors (Lipinski definition) is 3. The number of fused-ring (bicyclic) bond motifs is 1. The molecular weight excluding hydrogens is 418 g/mol. The quantitative estimate of drug-likeness (QED) is 0.578. The van der Waals surface area contributed by atoms with Gasteiger partial charge >= 0.3 is 5.97 Å². The van der Waals surface area contributed by atoms with Crippen molar-refractivity contribution in [3.8, 4) is 0 Å². The summed E-state index contributed by atoms with van der Waals surface area (Å²) in [4.78, 5) is 37.6. The number of aromatic carboxylic acids is 1. The molecule has 4 atom stereocenters. The van der Waals surface area contributed by atoms with Gasteiger partial charge in [0.15, 0.2) is 0 Å². The van der Waals surface area contributed by atoms with Crippen molar-refractivity contribution >= 4 is 55.3 Å². The maximum atomic E-state index is 12.6. The van der Waals surface area contributed by atoms with Gasteiger partial charge in [-0.25, -0.2) is 4.79 Å². The van der Waals surface area contributed by atoms with Crippen LogP contribution in [0, 0.1) is 11.8 Å². The Morgan fingerprint density at radius 1 is 1.00 bits per heavy atom. The van der Waals surface area contributed by atoms with E-state index in [9.17, 15) is 14.4 Å². The molecule has 2 aliphatic rings. The number of rotatable bonds is 2. The minimum atomic E-state index is -1.04. The molecule has 1 saturated heterocycles. The van der Waals surface area contributed by atoms with Gasteiger partial charge in [0, 0.05) is 9.65 Å². The number of carboxylic acid groups (broad SMARTS) is 1. The van der Waals surface area contributed by atoms with E-state index in [1.54, 1.807) is 0 Å². The van der Waals surface area contributed by atoms with E-state index >= 15 is 0 Å². The third-order valence-electron chi connectivity index (χ3n) is 4.28. The van der Waals surface area contributed by atoms with Crippen molar-refractivity contribution in [3.63, 3.8) is 0 Å². The molecule has 5 nitrogen and oxygen atoms in total. The largest absolute Gasteiger partial charge is 0.478 e. The number of nitrogens with zero attached hydrogens (tertiary/aromatic N) is 1. The zero-order chi connectivity index (χ0) is 16.0. The molecule has 7 heteroatoms. The Morgan fingerprint density at radius 2 is 1.45 bits per heavy atom. The molecule has 0 aromatic heterocycles. The fourth-order valence-corrected chi connectivity index (χ4v) is 4.34. The van der Waals surface area contributed by atoms with Gasteiger partial charge in [0.1, 0.15) is 0 Å². The monoisotopic (exact) mass is 429 g/mol. The van der Waals surface area contributed by atoms with Gasteiger partial charge < -0.3 is 5.11 Å². The summed E-state index contributed by atoms with van der Waals surface area (Å²) in [5.74, 6) is -2.03. The number of imide groups is 1. The van der Waals surface area contributed by atoms with Crippen molar-refractivity contribution in [1.29, 1.82) is 0 Å². The van der Waals surface area contributed by atoms with Gasteiger partial charge in [-0.15, -0.1) is 0 Å². The second-order valence-corrected chi connectivity index (χ2v) is 7.93. The molecule has 0 unspecified atom stereocenters. The summed E-state index contributed by atoms with van der Waals surface area (Å²) >= 11 is 7.09. The number of amides is 2. The van der Waals surface area contributed by atoms with Crippen LogP contribution in [0.5, 0.6) is 0 Å². The number of halogens is 2. The Kier molecular flexibility index (Phi) is 4.11. The lowest BCUT2D eigenvalue weighted by Crippen LogP contribution is -2.34. The Hall–Kier alpha value is -1.21. The topological polar surface area (TPSA) is 74.7 Å². The number of carbonyl (C=O) groups is 3. The first-order valence-corrected chi connectivity index (χ1v) is 8.72. The SMILES string of the molecule is O=C(O)c1ccc(N2C(=O)[C@H]3C[C@@H](Br)[C@H](Br)C[C@H]3C2=O)cc1. The van der Waals surface area contributed by atoms with Gasteiger partial charge in [0.2, 0.25) is 11.8 Å². The molecule has 1 aromatic carbocycles. The molecule has 116 valence electrons. The van der Waals surface area contributed by atoms with E-state index < -0.39 is 5.97 Å². The van der Waals surface area contributed by atoms with Crippen molar-refractivity contribution in [3.05, 3.63) is 29.8 Å². The molecule has 1 aromatic rings. The molecule has 3 rings (SSSR count). The van der Waals surface area contributed by atoms with E-state index in [0.29, 0.717) is 18.5 Å². The van der Waals surface area contributed by atoms with Crippen LogP contribution >= 0.6 is 31.9 Å². The second kappa shape index (κ2) is 5.77. The van der Waals surface area contributed by atoms with Crippen molar-refractivity contribution in [2.24, 2.45) is 11.8 Å². The normalized spacial score (nSPS) is 31.3. The van der Waals surface area contributed by atoms with Crippen molar-refractivity contribution in [2.45, 2.75) is 22.5 Å². The third kappa shape index (κ3) is 2.50. The lowest BCUT2D eigenvalue weighted by atomic mass is 9.81. The second-order valence-electron chi connectivity index (χ2n) is 5.58. The van der Waals surface area contributed by atoms with Crippen LogP contribution in [0.2, 0.25) is 0 Å². The van der Waals surface area contributed by atoms with Crippen LogP contribution in [0.15, 0.2) is 24.3 Å². The van der Waals surface area contributed by atoms with Crippen LogP contribution < -0.4 is 4.90 Å². The predicted molar refractivity (Wildman–Crippen MR) is 87.5 cm³/mol. The van der Waals surface area contributed by atoms with Crippen molar-refractivity contribution < 1.29 is 19.5 Å². The summed E-state index contributed by atoms with van der Waals surface area (Å²) < 4.78 is 0. The Balaban J connectivity index is 1.90. The molecule has 1 aliphatic heterocycles. The standard InChI is InChI=1S/C15H13Br2NO4/c16-11-5-9-10(6-12(11)17)14(20)18(13(9)19)8-3-1-7(2-4-8)15(21)22/h1-4,9-12H,5-6H2,(H,21,22)/t9-,10+,11-,12-/m1/s1. The number of hydrogen-bond donors (Lipinski definition) is 1. The highest BCUT2D eigenvalue weighted by atomic mass is 79.9. The van der Waals surface area contributed by atoms with Gasteiger partial charge in [0.05, 0.1) is 23.1 Å². The molecule has 2 amide bonds. The summed E-state index contributed by atoms with van der Waals surface area (Å²) in [6.45, 7) is 0. The van der Waals surface area contributed by atoms with Crippen LogP contribution in [0.25, 0.3) is 0 Å². The molecule has 0 radical (unpaired) electrons. The molecule has 2 fully saturated rings. The van der Waals surface area contributed by atoms with Gasteiger partial charge in [0.25, 0.3) is 0 Å². The summed E-state index contributed by atoms with van der Waals surface area (Å²) in [7, 11) is 0. The van der Waals surface area contributed by atoms with E-state index in [-0.39, 0.29) is 38.9 Å². The summed E-state index contributed by atoms with van der Waals surface area (Å²) in [5.41, 5.74) is 0.563. The van der Waals surface area contributed by atoms with Crippen LogP contribution in [0.3, 0.4) is 0 Å². The molecule has 1 N–H and O–H groups in total. The molecule has 1 saturated carbocycles. The van der Waals surface area contributed by atoms with E-state index in [1.807, 2.05) is 0 Å². The van der Waals surface area contributed by atoms with Gasteiger partial charge in [-0.1, -0.05) is 31.9 Å². The minimum Gasteiger partial charge on any atom is -0.478 e. The highest BCUT2D eigenvalue weighted by molar-refractivity contribution is 9.12. The summed E-state index contributed by atoms with van der Waals surface area (Å²) in [5, 5.41) is 8.91.